The molecule has 0 radical (unpaired) electrons. The van der Waals surface area contributed by atoms with Crippen molar-refractivity contribution >= 4 is 45.0 Å². The standard InChI is InChI=1S/C38H39ClF3N5O6S/c1-2-25-20-36(25,32(50)47-54(51,52)28-11-12-28)21-30(49)35(15-16-35)14-13-29(48)24-5-3-23(4-6-24)19-31-43-33(45-34(44-31)53-22-38(40,41)42)46-37(17-18-37)26-7-9-27(39)10-8-26/h2-10,25,28H,1,11-22H2,(H,47,50)(H,43,44,45,46)/t25-,36-/m1/s1. The first-order chi connectivity index (χ1) is 25.5. The lowest BCUT2D eigenvalue weighted by molar-refractivity contribution is -0.154. The molecule has 0 bridgehead atoms. The number of hydrogen-bond donors (Lipinski definition) is 2. The first-order valence-corrected chi connectivity index (χ1v) is 19.8. The summed E-state index contributed by atoms with van der Waals surface area (Å²) in [4.78, 5) is 52.6. The van der Waals surface area contributed by atoms with Crippen LogP contribution in [-0.2, 0) is 31.6 Å². The lowest BCUT2D eigenvalue weighted by Crippen LogP contribution is -2.41. The summed E-state index contributed by atoms with van der Waals surface area (Å²) in [7, 11) is -3.77. The van der Waals surface area contributed by atoms with Gasteiger partial charge in [0.2, 0.25) is 21.9 Å². The molecule has 0 spiro atoms. The molecule has 54 heavy (non-hydrogen) atoms. The summed E-state index contributed by atoms with van der Waals surface area (Å²) in [5.41, 5.74) is -0.324. The van der Waals surface area contributed by atoms with E-state index in [2.05, 4.69) is 31.6 Å². The third-order valence-corrected chi connectivity index (χ3v) is 13.1. The Morgan fingerprint density at radius 3 is 2.24 bits per heavy atom. The Morgan fingerprint density at radius 1 is 0.981 bits per heavy atom. The third kappa shape index (κ3) is 8.46. The van der Waals surface area contributed by atoms with Crippen molar-refractivity contribution in [2.75, 3.05) is 11.9 Å². The molecular weight excluding hydrogens is 747 g/mol. The summed E-state index contributed by atoms with van der Waals surface area (Å²) >= 11 is 6.05. The molecule has 7 rings (SSSR count). The zero-order valence-electron chi connectivity index (χ0n) is 29.3. The molecule has 0 saturated heterocycles. The van der Waals surface area contributed by atoms with Gasteiger partial charge in [-0.15, -0.1) is 6.58 Å². The average molecular weight is 786 g/mol. The number of hydrogen-bond acceptors (Lipinski definition) is 10. The number of benzene rings is 2. The number of halogens is 4. The van der Waals surface area contributed by atoms with E-state index in [1.165, 1.54) is 0 Å². The largest absolute Gasteiger partial charge is 0.454 e. The van der Waals surface area contributed by atoms with Crippen molar-refractivity contribution in [3.63, 3.8) is 0 Å². The molecule has 4 aliphatic carbocycles. The summed E-state index contributed by atoms with van der Waals surface area (Å²) in [5.74, 6) is -1.04. The second-order valence-electron chi connectivity index (χ2n) is 15.0. The molecule has 2 aromatic carbocycles. The molecule has 16 heteroatoms. The van der Waals surface area contributed by atoms with E-state index in [1.807, 2.05) is 12.1 Å². The van der Waals surface area contributed by atoms with Crippen molar-refractivity contribution in [1.29, 1.82) is 0 Å². The van der Waals surface area contributed by atoms with E-state index >= 15 is 0 Å². The highest BCUT2D eigenvalue weighted by Crippen LogP contribution is 2.60. The van der Waals surface area contributed by atoms with Crippen molar-refractivity contribution in [3.05, 3.63) is 88.7 Å². The topological polar surface area (TPSA) is 157 Å². The second-order valence-corrected chi connectivity index (χ2v) is 17.4. The zero-order chi connectivity index (χ0) is 38.5. The van der Waals surface area contributed by atoms with Gasteiger partial charge in [-0.05, 0) is 80.5 Å². The highest BCUT2D eigenvalue weighted by molar-refractivity contribution is 7.90. The number of carbonyl (C=O) groups is 3. The molecule has 1 amide bonds. The summed E-state index contributed by atoms with van der Waals surface area (Å²) in [6, 6.07) is 13.5. The van der Waals surface area contributed by atoms with Gasteiger partial charge in [-0.25, -0.2) is 8.42 Å². The lowest BCUT2D eigenvalue weighted by atomic mass is 9.84. The predicted octanol–water partition coefficient (Wildman–Crippen LogP) is 6.66. The van der Waals surface area contributed by atoms with E-state index in [4.69, 9.17) is 16.3 Å². The number of allylic oxidation sites excluding steroid dienone is 1. The van der Waals surface area contributed by atoms with Crippen LogP contribution in [-0.4, -0.2) is 58.9 Å². The number of sulfonamides is 1. The van der Waals surface area contributed by atoms with Crippen LogP contribution in [0, 0.1) is 16.7 Å². The molecule has 3 aromatic rings. The van der Waals surface area contributed by atoms with Crippen LogP contribution in [0.15, 0.2) is 61.2 Å². The van der Waals surface area contributed by atoms with E-state index in [1.54, 1.807) is 42.5 Å². The highest BCUT2D eigenvalue weighted by Gasteiger charge is 2.63. The number of nitrogens with zero attached hydrogens (tertiary/aromatic N) is 3. The Hall–Kier alpha value is -4.37. The molecule has 2 atom stereocenters. The van der Waals surface area contributed by atoms with Crippen molar-refractivity contribution in [2.24, 2.45) is 16.7 Å². The number of alkyl halides is 3. The molecule has 0 unspecified atom stereocenters. The molecule has 4 aliphatic rings. The summed E-state index contributed by atoms with van der Waals surface area (Å²) < 4.78 is 70.9. The number of ether oxygens (including phenoxy) is 1. The van der Waals surface area contributed by atoms with Gasteiger partial charge in [-0.3, -0.25) is 19.1 Å². The molecule has 4 fully saturated rings. The predicted molar refractivity (Wildman–Crippen MR) is 192 cm³/mol. The first kappa shape index (κ1) is 37.9. The average Bonchev–Trinajstić information content (AvgIpc) is 3.91. The van der Waals surface area contributed by atoms with Gasteiger partial charge in [0, 0.05) is 35.3 Å². The van der Waals surface area contributed by atoms with Crippen LogP contribution in [0.2, 0.25) is 5.02 Å². The van der Waals surface area contributed by atoms with Crippen molar-refractivity contribution in [3.8, 4) is 6.01 Å². The van der Waals surface area contributed by atoms with Gasteiger partial charge < -0.3 is 10.1 Å². The number of anilines is 1. The van der Waals surface area contributed by atoms with Crippen LogP contribution in [0.1, 0.15) is 91.5 Å². The van der Waals surface area contributed by atoms with Gasteiger partial charge in [0.15, 0.2) is 12.4 Å². The van der Waals surface area contributed by atoms with Gasteiger partial charge in [-0.2, -0.15) is 28.1 Å². The van der Waals surface area contributed by atoms with E-state index in [0.29, 0.717) is 54.7 Å². The van der Waals surface area contributed by atoms with Crippen LogP contribution in [0.4, 0.5) is 19.1 Å². The van der Waals surface area contributed by atoms with E-state index < -0.39 is 56.3 Å². The maximum absolute atomic E-state index is 13.6. The van der Waals surface area contributed by atoms with E-state index in [0.717, 1.165) is 18.4 Å². The smallest absolute Gasteiger partial charge is 0.422 e. The SMILES string of the molecule is C=C[C@@H]1C[C@]1(CC(=O)C1(CCC(=O)c2ccc(Cc3nc(NC4(c5ccc(Cl)cc5)CC4)nc(OCC(F)(F)F)n3)cc2)CC1)C(=O)NS(=O)(=O)C1CC1. The molecule has 4 saturated carbocycles. The zero-order valence-corrected chi connectivity index (χ0v) is 30.8. The molecule has 286 valence electrons. The highest BCUT2D eigenvalue weighted by atomic mass is 35.5. The van der Waals surface area contributed by atoms with Crippen molar-refractivity contribution in [2.45, 2.75) is 87.6 Å². The molecule has 1 aromatic heterocycles. The molecule has 0 aliphatic heterocycles. The van der Waals surface area contributed by atoms with E-state index in [-0.39, 0.29) is 48.5 Å². The summed E-state index contributed by atoms with van der Waals surface area (Å²) in [6.45, 7) is 2.19. The van der Waals surface area contributed by atoms with Gasteiger partial charge in [0.25, 0.3) is 0 Å². The fraction of sp³-hybridized carbons (Fsp3) is 0.474. The van der Waals surface area contributed by atoms with Crippen LogP contribution >= 0.6 is 11.6 Å². The minimum atomic E-state index is -4.60. The molecular formula is C38H39ClF3N5O6S. The minimum absolute atomic E-state index is 0.0662. The number of nitrogens with one attached hydrogen (secondary N) is 2. The maximum atomic E-state index is 13.6. The number of carbonyl (C=O) groups excluding carboxylic acids is 3. The minimum Gasteiger partial charge on any atom is -0.454 e. The Balaban J connectivity index is 0.980. The quantitative estimate of drug-likeness (QED) is 0.106. The molecule has 1 heterocycles. The number of amides is 1. The Morgan fingerprint density at radius 2 is 1.67 bits per heavy atom. The monoisotopic (exact) mass is 785 g/mol. The maximum Gasteiger partial charge on any atom is 0.422 e. The Kier molecular flexibility index (Phi) is 9.86. The van der Waals surface area contributed by atoms with Crippen LogP contribution in [0.5, 0.6) is 6.01 Å². The van der Waals surface area contributed by atoms with Crippen LogP contribution < -0.4 is 14.8 Å². The number of rotatable bonds is 18. The normalized spacial score (nSPS) is 22.1. The summed E-state index contributed by atoms with van der Waals surface area (Å²) in [5, 5.41) is 3.26. The Labute approximate surface area is 315 Å². The number of Topliss-reactive ketones (excluding diaryl/α,β-unsaturated/α-hetero) is 2. The number of ketones is 2. The third-order valence-electron chi connectivity index (χ3n) is 11.0. The summed E-state index contributed by atoms with van der Waals surface area (Å²) in [6.07, 6.45) is 1.46. The van der Waals surface area contributed by atoms with Crippen LogP contribution in [0.25, 0.3) is 0 Å². The van der Waals surface area contributed by atoms with E-state index in [9.17, 15) is 36.0 Å². The number of aromatic nitrogens is 3. The Bertz CT molecular complexity index is 2080. The molecule has 11 nitrogen and oxygen atoms in total. The fourth-order valence-electron chi connectivity index (χ4n) is 7.00. The van der Waals surface area contributed by atoms with Crippen LogP contribution in [0.3, 0.4) is 0 Å². The van der Waals surface area contributed by atoms with Crippen molar-refractivity contribution in [1.82, 2.24) is 19.7 Å². The van der Waals surface area contributed by atoms with Gasteiger partial charge >= 0.3 is 12.2 Å². The van der Waals surface area contributed by atoms with Gasteiger partial charge in [0.05, 0.1) is 16.2 Å². The van der Waals surface area contributed by atoms with Crippen molar-refractivity contribution < 1.29 is 40.7 Å². The van der Waals surface area contributed by atoms with Gasteiger partial charge in [0.1, 0.15) is 11.6 Å². The lowest BCUT2D eigenvalue weighted by Gasteiger charge is -2.20. The second kappa shape index (κ2) is 14.0. The first-order valence-electron chi connectivity index (χ1n) is 17.9. The van der Waals surface area contributed by atoms with Gasteiger partial charge in [-0.1, -0.05) is 54.1 Å². The molecule has 2 N–H and O–H groups in total. The fourth-order valence-corrected chi connectivity index (χ4v) is 8.51.